The maximum Gasteiger partial charge on any atom is 0.252 e. The van der Waals surface area contributed by atoms with Gasteiger partial charge >= 0.3 is 0 Å². The molecule has 3 rings (SSSR count). The van der Waals surface area contributed by atoms with Crippen molar-refractivity contribution in [3.8, 4) is 0 Å². The van der Waals surface area contributed by atoms with E-state index >= 15 is 0 Å². The molecule has 0 spiro atoms. The lowest BCUT2D eigenvalue weighted by atomic mass is 10.0. The molecule has 2 amide bonds. The van der Waals surface area contributed by atoms with Crippen molar-refractivity contribution in [1.29, 1.82) is 0 Å². The zero-order valence-corrected chi connectivity index (χ0v) is 17.5. The third kappa shape index (κ3) is 4.26. The highest BCUT2D eigenvalue weighted by Gasteiger charge is 2.30. The van der Waals surface area contributed by atoms with E-state index in [4.69, 9.17) is 5.73 Å². The number of quaternary nitrogens is 1. The SMILES string of the molecule is CC[NH+]1CCc2c(sc(NC(=O)CS(=O)(=O)c3ccc(C)cc3)c2C(N)=O)C1. The molecule has 1 atom stereocenters. The van der Waals surface area contributed by atoms with Gasteiger partial charge < -0.3 is 16.0 Å². The van der Waals surface area contributed by atoms with Crippen LogP contribution in [0.1, 0.15) is 33.3 Å². The van der Waals surface area contributed by atoms with E-state index in [1.807, 2.05) is 6.92 Å². The Morgan fingerprint density at radius 1 is 1.25 bits per heavy atom. The number of thiophene rings is 1. The Hall–Kier alpha value is -2.23. The molecular formula is C19H24N3O4S2+. The molecule has 1 aromatic carbocycles. The van der Waals surface area contributed by atoms with Crippen molar-refractivity contribution < 1.29 is 22.9 Å². The first-order chi connectivity index (χ1) is 13.2. The number of primary amides is 1. The van der Waals surface area contributed by atoms with Gasteiger partial charge in [0.05, 0.1) is 28.4 Å². The molecule has 1 unspecified atom stereocenters. The van der Waals surface area contributed by atoms with Crippen LogP contribution in [0.5, 0.6) is 0 Å². The predicted molar refractivity (Wildman–Crippen MR) is 108 cm³/mol. The molecule has 28 heavy (non-hydrogen) atoms. The van der Waals surface area contributed by atoms with Gasteiger partial charge in [-0.3, -0.25) is 9.59 Å². The number of fused-ring (bicyclic) bond motifs is 1. The number of carbonyl (C=O) groups excluding carboxylic acids is 2. The predicted octanol–water partition coefficient (Wildman–Crippen LogP) is 0.529. The van der Waals surface area contributed by atoms with Crippen LogP contribution in [0, 0.1) is 6.92 Å². The smallest absolute Gasteiger partial charge is 0.252 e. The number of rotatable bonds is 6. The summed E-state index contributed by atoms with van der Waals surface area (Å²) >= 11 is 1.31. The summed E-state index contributed by atoms with van der Waals surface area (Å²) in [6.45, 7) is 6.60. The topological polar surface area (TPSA) is 111 Å². The summed E-state index contributed by atoms with van der Waals surface area (Å²) in [6, 6.07) is 6.34. The highest BCUT2D eigenvalue weighted by molar-refractivity contribution is 7.92. The number of aryl methyl sites for hydroxylation is 1. The van der Waals surface area contributed by atoms with Crippen LogP contribution in [-0.4, -0.2) is 39.1 Å². The van der Waals surface area contributed by atoms with Gasteiger partial charge in [-0.1, -0.05) is 17.7 Å². The average Bonchev–Trinajstić information content (AvgIpc) is 2.98. The first-order valence-electron chi connectivity index (χ1n) is 9.08. The molecule has 0 bridgehead atoms. The molecule has 9 heteroatoms. The lowest BCUT2D eigenvalue weighted by molar-refractivity contribution is -0.913. The van der Waals surface area contributed by atoms with Crippen molar-refractivity contribution in [2.75, 3.05) is 24.2 Å². The standard InChI is InChI=1S/C19H23N3O4S2/c1-3-22-9-8-14-15(10-22)27-19(17(14)18(20)24)21-16(23)11-28(25,26)13-6-4-12(2)5-7-13/h4-7H,3,8-11H2,1-2H3,(H2,20,24)(H,21,23)/p+1. The maximum absolute atomic E-state index is 12.5. The number of nitrogens with two attached hydrogens (primary N) is 1. The number of sulfone groups is 1. The quantitative estimate of drug-likeness (QED) is 0.631. The molecule has 0 radical (unpaired) electrons. The Bertz CT molecular complexity index is 1010. The van der Waals surface area contributed by atoms with E-state index in [9.17, 15) is 18.0 Å². The normalized spacial score (nSPS) is 16.4. The van der Waals surface area contributed by atoms with Crippen LogP contribution in [0.25, 0.3) is 0 Å². The van der Waals surface area contributed by atoms with Gasteiger partial charge in [-0.05, 0) is 31.5 Å². The maximum atomic E-state index is 12.5. The van der Waals surface area contributed by atoms with E-state index in [1.165, 1.54) is 28.4 Å². The molecule has 7 nitrogen and oxygen atoms in total. The molecule has 0 aliphatic carbocycles. The Morgan fingerprint density at radius 2 is 1.93 bits per heavy atom. The number of anilines is 1. The van der Waals surface area contributed by atoms with Gasteiger partial charge in [0.15, 0.2) is 9.84 Å². The largest absolute Gasteiger partial charge is 0.365 e. The number of amides is 2. The number of nitrogens with one attached hydrogen (secondary N) is 2. The minimum atomic E-state index is -3.77. The van der Waals surface area contributed by atoms with Crippen molar-refractivity contribution in [3.05, 3.63) is 45.8 Å². The van der Waals surface area contributed by atoms with Crippen molar-refractivity contribution >= 4 is 38.0 Å². The lowest BCUT2D eigenvalue weighted by Crippen LogP contribution is -3.11. The molecule has 0 saturated carbocycles. The molecule has 1 aliphatic rings. The van der Waals surface area contributed by atoms with Gasteiger partial charge in [-0.15, -0.1) is 11.3 Å². The molecule has 150 valence electrons. The molecule has 2 aromatic rings. The van der Waals surface area contributed by atoms with Crippen LogP contribution in [0.4, 0.5) is 5.00 Å². The Balaban J connectivity index is 1.81. The first kappa shape index (κ1) is 20.5. The molecule has 1 aromatic heterocycles. The molecular weight excluding hydrogens is 398 g/mol. The van der Waals surface area contributed by atoms with Crippen LogP contribution in [-0.2, 0) is 27.6 Å². The second kappa shape index (κ2) is 8.02. The number of benzene rings is 1. The lowest BCUT2D eigenvalue weighted by Gasteiger charge is -2.22. The summed E-state index contributed by atoms with van der Waals surface area (Å²) < 4.78 is 25.0. The molecule has 4 N–H and O–H groups in total. The average molecular weight is 423 g/mol. The minimum Gasteiger partial charge on any atom is -0.365 e. The van der Waals surface area contributed by atoms with Crippen LogP contribution in [0.2, 0.25) is 0 Å². The van der Waals surface area contributed by atoms with E-state index in [0.717, 1.165) is 35.6 Å². The zero-order valence-electron chi connectivity index (χ0n) is 15.9. The van der Waals surface area contributed by atoms with Crippen LogP contribution >= 0.6 is 11.3 Å². The minimum absolute atomic E-state index is 0.0936. The summed E-state index contributed by atoms with van der Waals surface area (Å²) in [4.78, 5) is 26.9. The Kier molecular flexibility index (Phi) is 5.87. The first-order valence-corrected chi connectivity index (χ1v) is 11.5. The van der Waals surface area contributed by atoms with Crippen molar-refractivity contribution in [1.82, 2.24) is 0 Å². The third-order valence-electron chi connectivity index (χ3n) is 4.93. The van der Waals surface area contributed by atoms with Crippen LogP contribution in [0.3, 0.4) is 0 Å². The van der Waals surface area contributed by atoms with E-state index < -0.39 is 27.4 Å². The Morgan fingerprint density at radius 3 is 2.54 bits per heavy atom. The van der Waals surface area contributed by atoms with Gasteiger partial charge in [0, 0.05) is 6.42 Å². The van der Waals surface area contributed by atoms with Crippen LogP contribution in [0.15, 0.2) is 29.2 Å². The van der Waals surface area contributed by atoms with Crippen molar-refractivity contribution in [2.24, 2.45) is 5.73 Å². The summed E-state index contributed by atoms with van der Waals surface area (Å²) in [6.07, 6.45) is 0.713. The number of carbonyl (C=O) groups is 2. The summed E-state index contributed by atoms with van der Waals surface area (Å²) in [5.41, 5.74) is 7.68. The fourth-order valence-electron chi connectivity index (χ4n) is 3.35. The number of hydrogen-bond donors (Lipinski definition) is 3. The molecule has 1 aliphatic heterocycles. The van der Waals surface area contributed by atoms with Gasteiger partial charge in [0.1, 0.15) is 17.3 Å². The van der Waals surface area contributed by atoms with E-state index in [0.29, 0.717) is 17.0 Å². The Labute approximate surface area is 168 Å². The second-order valence-electron chi connectivity index (χ2n) is 6.97. The second-order valence-corrected chi connectivity index (χ2v) is 10.1. The van der Waals surface area contributed by atoms with Crippen molar-refractivity contribution in [3.63, 3.8) is 0 Å². The number of hydrogen-bond acceptors (Lipinski definition) is 5. The molecule has 0 fully saturated rings. The van der Waals surface area contributed by atoms with Gasteiger partial charge in [0.2, 0.25) is 5.91 Å². The zero-order chi connectivity index (χ0) is 20.5. The number of likely N-dealkylation sites (N-methyl/N-ethyl adjacent to an activating group) is 1. The fourth-order valence-corrected chi connectivity index (χ4v) is 5.83. The van der Waals surface area contributed by atoms with E-state index in [2.05, 4.69) is 12.2 Å². The molecule has 0 saturated heterocycles. The summed E-state index contributed by atoms with van der Waals surface area (Å²) in [5.74, 6) is -1.97. The van der Waals surface area contributed by atoms with E-state index in [-0.39, 0.29) is 4.90 Å². The third-order valence-corrected chi connectivity index (χ3v) is 7.71. The van der Waals surface area contributed by atoms with Gasteiger partial charge in [-0.25, -0.2) is 8.42 Å². The monoisotopic (exact) mass is 422 g/mol. The van der Waals surface area contributed by atoms with Gasteiger partial charge in [-0.2, -0.15) is 0 Å². The summed E-state index contributed by atoms with van der Waals surface area (Å²) in [5, 5.41) is 2.96. The summed E-state index contributed by atoms with van der Waals surface area (Å²) in [7, 11) is -3.77. The van der Waals surface area contributed by atoms with Gasteiger partial charge in [0.25, 0.3) is 5.91 Å². The fraction of sp³-hybridized carbons (Fsp3) is 0.368. The highest BCUT2D eigenvalue weighted by Crippen LogP contribution is 2.34. The van der Waals surface area contributed by atoms with E-state index in [1.54, 1.807) is 12.1 Å². The van der Waals surface area contributed by atoms with Crippen molar-refractivity contribution in [2.45, 2.75) is 31.7 Å². The molecule has 2 heterocycles. The highest BCUT2D eigenvalue weighted by atomic mass is 32.2. The van der Waals surface area contributed by atoms with Crippen LogP contribution < -0.4 is 16.0 Å².